The summed E-state index contributed by atoms with van der Waals surface area (Å²) in [5.74, 6) is 2.36. The maximum Gasteiger partial charge on any atom is 0.122 e. The average molecular weight is 463 g/mol. The van der Waals surface area contributed by atoms with Crippen molar-refractivity contribution in [1.82, 2.24) is 10.6 Å². The Bertz CT molecular complexity index is 954. The third-order valence-corrected chi connectivity index (χ3v) is 8.94. The maximum atomic E-state index is 5.47. The minimum atomic E-state index is 0.324. The van der Waals surface area contributed by atoms with Crippen molar-refractivity contribution >= 4 is 0 Å². The lowest BCUT2D eigenvalue weighted by Gasteiger charge is -2.55. The molecule has 0 unspecified atom stereocenters. The van der Waals surface area contributed by atoms with Crippen molar-refractivity contribution in [3.8, 4) is 5.75 Å². The molecule has 0 spiro atoms. The topological polar surface area (TPSA) is 33.3 Å². The van der Waals surface area contributed by atoms with Crippen molar-refractivity contribution in [3.63, 3.8) is 0 Å². The van der Waals surface area contributed by atoms with E-state index < -0.39 is 0 Å². The van der Waals surface area contributed by atoms with Gasteiger partial charge < -0.3 is 15.4 Å². The van der Waals surface area contributed by atoms with Crippen molar-refractivity contribution in [3.05, 3.63) is 64.7 Å². The fourth-order valence-electron chi connectivity index (χ4n) is 7.02. The van der Waals surface area contributed by atoms with E-state index in [4.69, 9.17) is 4.74 Å². The van der Waals surface area contributed by atoms with E-state index >= 15 is 0 Å². The van der Waals surface area contributed by atoms with Crippen LogP contribution in [0, 0.1) is 11.3 Å². The van der Waals surface area contributed by atoms with Crippen molar-refractivity contribution < 1.29 is 4.74 Å². The smallest absolute Gasteiger partial charge is 0.122 e. The van der Waals surface area contributed by atoms with E-state index in [1.807, 2.05) is 12.1 Å². The van der Waals surface area contributed by atoms with Crippen LogP contribution in [0.2, 0.25) is 0 Å². The number of benzene rings is 2. The molecule has 0 saturated heterocycles. The van der Waals surface area contributed by atoms with Gasteiger partial charge in [-0.1, -0.05) is 70.5 Å². The number of nitrogens with one attached hydrogen (secondary N) is 2. The van der Waals surface area contributed by atoms with Gasteiger partial charge in [-0.15, -0.1) is 0 Å². The van der Waals surface area contributed by atoms with Crippen LogP contribution in [0.4, 0.5) is 0 Å². The van der Waals surface area contributed by atoms with E-state index in [0.717, 1.165) is 44.3 Å². The molecule has 1 fully saturated rings. The van der Waals surface area contributed by atoms with E-state index in [1.165, 1.54) is 43.2 Å². The molecule has 2 aliphatic rings. The van der Waals surface area contributed by atoms with Gasteiger partial charge in [-0.25, -0.2) is 0 Å². The first-order valence-corrected chi connectivity index (χ1v) is 13.5. The number of methoxy groups -OCH3 is 1. The van der Waals surface area contributed by atoms with Crippen LogP contribution in [-0.4, -0.2) is 33.3 Å². The molecule has 4 rings (SSSR count). The Morgan fingerprint density at radius 2 is 1.79 bits per heavy atom. The van der Waals surface area contributed by atoms with Gasteiger partial charge in [0.05, 0.1) is 7.11 Å². The molecule has 186 valence electrons. The number of para-hydroxylation sites is 1. The fourth-order valence-corrected chi connectivity index (χ4v) is 7.02. The minimum absolute atomic E-state index is 0.324. The van der Waals surface area contributed by atoms with E-state index in [9.17, 15) is 0 Å². The highest BCUT2D eigenvalue weighted by atomic mass is 16.5. The largest absolute Gasteiger partial charge is 0.496 e. The number of ether oxygens (including phenoxy) is 1. The lowest BCUT2D eigenvalue weighted by Crippen LogP contribution is -2.53. The first-order chi connectivity index (χ1) is 16.4. The van der Waals surface area contributed by atoms with Crippen molar-refractivity contribution in [2.75, 3.05) is 33.3 Å². The Morgan fingerprint density at radius 1 is 1.00 bits per heavy atom. The average Bonchev–Trinajstić information content (AvgIpc) is 2.83. The van der Waals surface area contributed by atoms with Crippen LogP contribution in [0.5, 0.6) is 5.75 Å². The second-order valence-electron chi connectivity index (χ2n) is 11.6. The number of hydrogen-bond donors (Lipinski definition) is 2. The molecule has 0 aromatic heterocycles. The molecule has 2 aromatic carbocycles. The first kappa shape index (κ1) is 25.3. The predicted molar refractivity (Wildman–Crippen MR) is 144 cm³/mol. The van der Waals surface area contributed by atoms with Crippen molar-refractivity contribution in [1.29, 1.82) is 0 Å². The lowest BCUT2D eigenvalue weighted by molar-refractivity contribution is 0.0261. The van der Waals surface area contributed by atoms with Crippen molar-refractivity contribution in [2.24, 2.45) is 11.3 Å². The Labute approximate surface area is 208 Å². The molecule has 2 aliphatic carbocycles. The molecule has 0 heterocycles. The van der Waals surface area contributed by atoms with E-state index in [2.05, 4.69) is 68.7 Å². The minimum Gasteiger partial charge on any atom is -0.496 e. The summed E-state index contributed by atoms with van der Waals surface area (Å²) in [6.45, 7) is 13.9. The highest BCUT2D eigenvalue weighted by Gasteiger charge is 2.51. The van der Waals surface area contributed by atoms with Crippen LogP contribution >= 0.6 is 0 Å². The fraction of sp³-hybridized carbons (Fsp3) is 0.613. The molecule has 0 bridgehead atoms. The van der Waals surface area contributed by atoms with Crippen LogP contribution in [0.1, 0.15) is 81.5 Å². The van der Waals surface area contributed by atoms with Gasteiger partial charge in [-0.05, 0) is 89.6 Å². The van der Waals surface area contributed by atoms with Gasteiger partial charge in [-0.2, -0.15) is 0 Å². The summed E-state index contributed by atoms with van der Waals surface area (Å²) in [5.41, 5.74) is 6.75. The molecule has 34 heavy (non-hydrogen) atoms. The summed E-state index contributed by atoms with van der Waals surface area (Å²) in [6.07, 6.45) is 7.61. The molecule has 0 amide bonds. The molecule has 2 N–H and O–H groups in total. The van der Waals surface area contributed by atoms with E-state index in [0.29, 0.717) is 16.7 Å². The van der Waals surface area contributed by atoms with E-state index in [1.54, 1.807) is 18.2 Å². The van der Waals surface area contributed by atoms with Crippen molar-refractivity contribution in [2.45, 2.75) is 77.6 Å². The van der Waals surface area contributed by atoms with Gasteiger partial charge in [0.25, 0.3) is 0 Å². The lowest BCUT2D eigenvalue weighted by atomic mass is 9.49. The molecular weight excluding hydrogens is 416 g/mol. The standard InChI is InChI=1S/C31H46N2O/c1-23(2)25-11-13-27-26(21-25)12-14-29-30(3,16-8-17-31(27,29)4)22-33-20-19-32-18-15-24-9-6-7-10-28(24)34-5/h6-7,9-11,13,21,23,29,32-33H,8,12,14-20,22H2,1-5H3/t29-,30-,31+/m0/s1. The summed E-state index contributed by atoms with van der Waals surface area (Å²) < 4.78 is 5.47. The second-order valence-corrected chi connectivity index (χ2v) is 11.6. The van der Waals surface area contributed by atoms with Gasteiger partial charge in [-0.3, -0.25) is 0 Å². The second kappa shape index (κ2) is 10.8. The zero-order valence-electron chi connectivity index (χ0n) is 22.2. The Kier molecular flexibility index (Phi) is 8.05. The van der Waals surface area contributed by atoms with Crippen LogP contribution in [0.15, 0.2) is 42.5 Å². The van der Waals surface area contributed by atoms with Gasteiger partial charge in [0.2, 0.25) is 0 Å². The molecule has 2 aromatic rings. The van der Waals surface area contributed by atoms with E-state index in [-0.39, 0.29) is 0 Å². The molecule has 1 saturated carbocycles. The Balaban J connectivity index is 1.29. The van der Waals surface area contributed by atoms with Gasteiger partial charge >= 0.3 is 0 Å². The highest BCUT2D eigenvalue weighted by molar-refractivity contribution is 5.42. The Morgan fingerprint density at radius 3 is 2.59 bits per heavy atom. The summed E-state index contributed by atoms with van der Waals surface area (Å²) in [5, 5.41) is 7.44. The SMILES string of the molecule is COc1ccccc1CCNCCNC[C@]1(C)CCC[C@]2(C)c3ccc(C(C)C)cc3CC[C@@H]12. The van der Waals surface area contributed by atoms with Gasteiger partial charge in [0.15, 0.2) is 0 Å². The van der Waals surface area contributed by atoms with Crippen LogP contribution in [-0.2, 0) is 18.3 Å². The molecule has 0 radical (unpaired) electrons. The predicted octanol–water partition coefficient (Wildman–Crippen LogP) is 6.25. The van der Waals surface area contributed by atoms with Crippen LogP contribution < -0.4 is 15.4 Å². The number of rotatable bonds is 10. The summed E-state index contributed by atoms with van der Waals surface area (Å²) >= 11 is 0. The molecule has 0 aliphatic heterocycles. The normalized spacial score (nSPS) is 26.2. The van der Waals surface area contributed by atoms with Crippen LogP contribution in [0.25, 0.3) is 0 Å². The number of fused-ring (bicyclic) bond motifs is 3. The monoisotopic (exact) mass is 462 g/mol. The highest BCUT2D eigenvalue weighted by Crippen LogP contribution is 2.57. The summed E-state index contributed by atoms with van der Waals surface area (Å²) in [6, 6.07) is 15.7. The Hall–Kier alpha value is -1.84. The number of hydrogen-bond acceptors (Lipinski definition) is 3. The molecule has 3 nitrogen and oxygen atoms in total. The maximum absolute atomic E-state index is 5.47. The third kappa shape index (κ3) is 5.21. The first-order valence-electron chi connectivity index (χ1n) is 13.5. The number of aryl methyl sites for hydroxylation is 1. The quantitative estimate of drug-likeness (QED) is 0.409. The summed E-state index contributed by atoms with van der Waals surface area (Å²) in [4.78, 5) is 0. The molecule has 3 atom stereocenters. The van der Waals surface area contributed by atoms with Crippen LogP contribution in [0.3, 0.4) is 0 Å². The molecular formula is C31H46N2O. The summed E-state index contributed by atoms with van der Waals surface area (Å²) in [7, 11) is 1.75. The molecule has 3 heteroatoms. The zero-order chi connectivity index (χ0) is 24.2. The third-order valence-electron chi connectivity index (χ3n) is 8.94. The zero-order valence-corrected chi connectivity index (χ0v) is 22.2. The van der Waals surface area contributed by atoms with Gasteiger partial charge in [0, 0.05) is 19.6 Å². The van der Waals surface area contributed by atoms with Gasteiger partial charge in [0.1, 0.15) is 5.75 Å².